The number of carbonyl (C=O) groups is 2. The third kappa shape index (κ3) is 5.84. The number of hydrogen-bond acceptors (Lipinski definition) is 5. The molecule has 146 valence electrons. The van der Waals surface area contributed by atoms with Gasteiger partial charge in [0.2, 0.25) is 5.89 Å². The van der Waals surface area contributed by atoms with Crippen molar-refractivity contribution in [3.05, 3.63) is 47.7 Å². The van der Waals surface area contributed by atoms with Crippen LogP contribution in [0.5, 0.6) is 0 Å². The second kappa shape index (κ2) is 9.75. The molecule has 27 heavy (non-hydrogen) atoms. The van der Waals surface area contributed by atoms with Crippen molar-refractivity contribution >= 4 is 17.7 Å². The lowest BCUT2D eigenvalue weighted by molar-refractivity contribution is 0.0594. The summed E-state index contributed by atoms with van der Waals surface area (Å²) in [5.41, 5.74) is 1.95. The third-order valence-electron chi connectivity index (χ3n) is 4.18. The number of rotatable bonds is 8. The molecule has 0 saturated carbocycles. The SMILES string of the molecule is CCc1ccccc1NC(=O)N(CCC(C)C)Cc1nc(C(=O)OC)co1. The van der Waals surface area contributed by atoms with Crippen molar-refractivity contribution in [1.82, 2.24) is 9.88 Å². The Morgan fingerprint density at radius 2 is 2.04 bits per heavy atom. The Bertz CT molecular complexity index is 770. The van der Waals surface area contributed by atoms with Gasteiger partial charge in [-0.05, 0) is 30.4 Å². The van der Waals surface area contributed by atoms with Crippen molar-refractivity contribution in [1.29, 1.82) is 0 Å². The molecule has 1 aromatic heterocycles. The minimum atomic E-state index is -0.569. The lowest BCUT2D eigenvalue weighted by Crippen LogP contribution is -2.36. The minimum absolute atomic E-state index is 0.0908. The molecule has 2 aromatic rings. The van der Waals surface area contributed by atoms with E-state index in [1.165, 1.54) is 13.4 Å². The van der Waals surface area contributed by atoms with Gasteiger partial charge in [-0.25, -0.2) is 14.6 Å². The van der Waals surface area contributed by atoms with Crippen LogP contribution in [0, 0.1) is 5.92 Å². The molecule has 0 aliphatic heterocycles. The van der Waals surface area contributed by atoms with E-state index in [0.29, 0.717) is 12.5 Å². The quantitative estimate of drug-likeness (QED) is 0.704. The molecule has 0 bridgehead atoms. The number of oxazole rings is 1. The monoisotopic (exact) mass is 373 g/mol. The highest BCUT2D eigenvalue weighted by atomic mass is 16.5. The summed E-state index contributed by atoms with van der Waals surface area (Å²) in [4.78, 5) is 30.1. The molecule has 1 heterocycles. The summed E-state index contributed by atoms with van der Waals surface area (Å²) in [6.07, 6.45) is 2.91. The molecule has 0 saturated heterocycles. The van der Waals surface area contributed by atoms with Gasteiger partial charge in [-0.1, -0.05) is 39.0 Å². The van der Waals surface area contributed by atoms with Crippen LogP contribution in [-0.2, 0) is 17.7 Å². The fourth-order valence-electron chi connectivity index (χ4n) is 2.56. The van der Waals surface area contributed by atoms with Gasteiger partial charge in [-0.15, -0.1) is 0 Å². The number of hydrogen-bond donors (Lipinski definition) is 1. The number of urea groups is 1. The summed E-state index contributed by atoms with van der Waals surface area (Å²) in [7, 11) is 1.28. The number of para-hydroxylation sites is 1. The topological polar surface area (TPSA) is 84.7 Å². The van der Waals surface area contributed by atoms with Crippen molar-refractivity contribution in [2.45, 2.75) is 40.2 Å². The van der Waals surface area contributed by atoms with Gasteiger partial charge in [0.05, 0.1) is 13.7 Å². The number of nitrogens with zero attached hydrogens (tertiary/aromatic N) is 2. The maximum atomic E-state index is 12.8. The number of methoxy groups -OCH3 is 1. The lowest BCUT2D eigenvalue weighted by Gasteiger charge is -2.23. The van der Waals surface area contributed by atoms with Crippen LogP contribution in [0.4, 0.5) is 10.5 Å². The number of amides is 2. The Morgan fingerprint density at radius 1 is 1.30 bits per heavy atom. The number of aryl methyl sites for hydroxylation is 1. The molecule has 0 aliphatic carbocycles. The van der Waals surface area contributed by atoms with Gasteiger partial charge in [-0.3, -0.25) is 0 Å². The van der Waals surface area contributed by atoms with E-state index >= 15 is 0 Å². The van der Waals surface area contributed by atoms with Gasteiger partial charge < -0.3 is 19.4 Å². The van der Waals surface area contributed by atoms with E-state index in [9.17, 15) is 9.59 Å². The number of esters is 1. The molecule has 0 unspecified atom stereocenters. The molecule has 7 nitrogen and oxygen atoms in total. The molecule has 0 aliphatic rings. The maximum Gasteiger partial charge on any atom is 0.360 e. The number of benzene rings is 1. The Balaban J connectivity index is 2.14. The van der Waals surface area contributed by atoms with E-state index in [4.69, 9.17) is 4.42 Å². The fourth-order valence-corrected chi connectivity index (χ4v) is 2.56. The van der Waals surface area contributed by atoms with Crippen LogP contribution in [-0.4, -0.2) is 35.5 Å². The molecule has 0 radical (unpaired) electrons. The average Bonchev–Trinajstić information content (AvgIpc) is 3.13. The smallest absolute Gasteiger partial charge is 0.360 e. The van der Waals surface area contributed by atoms with E-state index < -0.39 is 5.97 Å². The van der Waals surface area contributed by atoms with E-state index in [2.05, 4.69) is 28.9 Å². The number of nitrogens with one attached hydrogen (secondary N) is 1. The van der Waals surface area contributed by atoms with E-state index in [-0.39, 0.29) is 24.2 Å². The molecular weight excluding hydrogens is 346 g/mol. The Hall–Kier alpha value is -2.83. The summed E-state index contributed by atoms with van der Waals surface area (Å²) >= 11 is 0. The van der Waals surface area contributed by atoms with Crippen LogP contribution in [0.25, 0.3) is 0 Å². The molecule has 7 heteroatoms. The van der Waals surface area contributed by atoms with Crippen molar-refractivity contribution in [3.8, 4) is 0 Å². The zero-order valence-corrected chi connectivity index (χ0v) is 16.3. The Labute approximate surface area is 159 Å². The van der Waals surface area contributed by atoms with E-state index in [1.54, 1.807) is 4.90 Å². The van der Waals surface area contributed by atoms with Crippen LogP contribution >= 0.6 is 0 Å². The first kappa shape index (κ1) is 20.5. The van der Waals surface area contributed by atoms with Crippen molar-refractivity contribution < 1.29 is 18.7 Å². The standard InChI is InChI=1S/C20H27N3O4/c1-5-15-8-6-7-9-16(15)22-20(25)23(11-10-14(2)3)12-18-21-17(13-27-18)19(24)26-4/h6-9,13-14H,5,10-12H2,1-4H3,(H,22,25). The van der Waals surface area contributed by atoms with Crippen molar-refractivity contribution in [2.75, 3.05) is 19.0 Å². The number of anilines is 1. The highest BCUT2D eigenvalue weighted by Crippen LogP contribution is 2.17. The Kier molecular flexibility index (Phi) is 7.40. The summed E-state index contributed by atoms with van der Waals surface area (Å²) < 4.78 is 9.97. The van der Waals surface area contributed by atoms with Gasteiger partial charge in [0.1, 0.15) is 6.26 Å². The van der Waals surface area contributed by atoms with E-state index in [1.807, 2.05) is 31.2 Å². The Morgan fingerprint density at radius 3 is 2.70 bits per heavy atom. The van der Waals surface area contributed by atoms with Gasteiger partial charge in [0, 0.05) is 12.2 Å². The first-order valence-electron chi connectivity index (χ1n) is 9.11. The number of aromatic nitrogens is 1. The first-order valence-corrected chi connectivity index (χ1v) is 9.11. The zero-order valence-electron chi connectivity index (χ0n) is 16.3. The van der Waals surface area contributed by atoms with Crippen LogP contribution in [0.3, 0.4) is 0 Å². The van der Waals surface area contributed by atoms with Gasteiger partial charge >= 0.3 is 12.0 Å². The van der Waals surface area contributed by atoms with Gasteiger partial charge in [-0.2, -0.15) is 0 Å². The van der Waals surface area contributed by atoms with Crippen LogP contribution in [0.1, 0.15) is 49.1 Å². The minimum Gasteiger partial charge on any atom is -0.464 e. The number of ether oxygens (including phenoxy) is 1. The number of carbonyl (C=O) groups excluding carboxylic acids is 2. The second-order valence-corrected chi connectivity index (χ2v) is 6.66. The van der Waals surface area contributed by atoms with Crippen molar-refractivity contribution in [2.24, 2.45) is 5.92 Å². The highest BCUT2D eigenvalue weighted by Gasteiger charge is 2.20. The second-order valence-electron chi connectivity index (χ2n) is 6.66. The summed E-state index contributed by atoms with van der Waals surface area (Å²) in [5.74, 6) is 0.163. The average molecular weight is 373 g/mol. The van der Waals surface area contributed by atoms with Crippen LogP contribution < -0.4 is 5.32 Å². The molecule has 0 atom stereocenters. The third-order valence-corrected chi connectivity index (χ3v) is 4.18. The van der Waals surface area contributed by atoms with Gasteiger partial charge in [0.15, 0.2) is 5.69 Å². The molecule has 2 rings (SSSR count). The zero-order chi connectivity index (χ0) is 19.8. The maximum absolute atomic E-state index is 12.8. The molecule has 2 amide bonds. The molecule has 0 fully saturated rings. The summed E-state index contributed by atoms with van der Waals surface area (Å²) in [6, 6.07) is 7.49. The van der Waals surface area contributed by atoms with Crippen molar-refractivity contribution in [3.63, 3.8) is 0 Å². The normalized spacial score (nSPS) is 10.7. The predicted octanol–water partition coefficient (Wildman–Crippen LogP) is 4.10. The molecular formula is C20H27N3O4. The molecule has 0 spiro atoms. The largest absolute Gasteiger partial charge is 0.464 e. The molecule has 1 aromatic carbocycles. The predicted molar refractivity (Wildman–Crippen MR) is 103 cm³/mol. The van der Waals surface area contributed by atoms with Crippen LogP contribution in [0.15, 0.2) is 34.9 Å². The summed E-state index contributed by atoms with van der Waals surface area (Å²) in [5, 5.41) is 2.97. The van der Waals surface area contributed by atoms with Gasteiger partial charge in [0.25, 0.3) is 0 Å². The molecule has 1 N–H and O–H groups in total. The van der Waals surface area contributed by atoms with E-state index in [0.717, 1.165) is 24.1 Å². The summed E-state index contributed by atoms with van der Waals surface area (Å²) in [6.45, 7) is 6.96. The fraction of sp³-hybridized carbons (Fsp3) is 0.450. The first-order chi connectivity index (χ1) is 12.9. The highest BCUT2D eigenvalue weighted by molar-refractivity contribution is 5.90. The van der Waals surface area contributed by atoms with Crippen LogP contribution in [0.2, 0.25) is 0 Å². The lowest BCUT2D eigenvalue weighted by atomic mass is 10.1.